The van der Waals surface area contributed by atoms with E-state index >= 15 is 0 Å². The number of fused-ring (bicyclic) bond motifs is 1. The van der Waals surface area contributed by atoms with Gasteiger partial charge in [-0.15, -0.1) is 0 Å². The molecule has 0 atom stereocenters. The number of imidazole rings is 1. The van der Waals surface area contributed by atoms with Crippen molar-refractivity contribution in [1.29, 1.82) is 0 Å². The molecule has 0 aromatic carbocycles. The van der Waals surface area contributed by atoms with Gasteiger partial charge in [0.1, 0.15) is 23.4 Å². The lowest BCUT2D eigenvalue weighted by atomic mass is 10.1. The summed E-state index contributed by atoms with van der Waals surface area (Å²) in [4.78, 5) is 32.3. The highest BCUT2D eigenvalue weighted by molar-refractivity contribution is 6.40. The van der Waals surface area contributed by atoms with Crippen molar-refractivity contribution < 1.29 is 9.53 Å². The molecule has 4 rings (SSSR count). The van der Waals surface area contributed by atoms with E-state index in [2.05, 4.69) is 20.2 Å². The summed E-state index contributed by atoms with van der Waals surface area (Å²) in [6.07, 6.45) is 6.09. The van der Waals surface area contributed by atoms with Crippen molar-refractivity contribution in [2.24, 2.45) is 0 Å². The van der Waals surface area contributed by atoms with Gasteiger partial charge in [-0.2, -0.15) is 5.10 Å². The third-order valence-electron chi connectivity index (χ3n) is 3.91. The van der Waals surface area contributed by atoms with E-state index in [0.717, 1.165) is 0 Å². The number of pyridine rings is 2. The smallest absolute Gasteiger partial charge is 0.341 e. The summed E-state index contributed by atoms with van der Waals surface area (Å²) in [5, 5.41) is 6.64. The SMILES string of the molecule is COC(=O)c1cn(-c2ccc(-n3cnc(Cl)c3Cl)nc2)cc2c(=O)[nH]nc1-2. The summed E-state index contributed by atoms with van der Waals surface area (Å²) in [5.41, 5.74) is 0.850. The molecule has 0 bridgehead atoms. The maximum Gasteiger partial charge on any atom is 0.341 e. The van der Waals surface area contributed by atoms with Crippen molar-refractivity contribution in [3.05, 3.63) is 63.3 Å². The van der Waals surface area contributed by atoms with E-state index in [-0.39, 0.29) is 27.1 Å². The first-order valence-corrected chi connectivity index (χ1v) is 8.29. The number of halogens is 2. The van der Waals surface area contributed by atoms with Gasteiger partial charge in [0, 0.05) is 12.4 Å². The normalized spacial score (nSPS) is 11.1. The monoisotopic (exact) mass is 404 g/mol. The molecule has 0 spiro atoms. The van der Waals surface area contributed by atoms with E-state index in [9.17, 15) is 9.59 Å². The third kappa shape index (κ3) is 2.86. The number of nitrogens with zero attached hydrogens (tertiary/aromatic N) is 5. The molecule has 2 aliphatic heterocycles. The lowest BCUT2D eigenvalue weighted by molar-refractivity contribution is 0.0600. The molecule has 0 amide bonds. The average molecular weight is 405 g/mol. The van der Waals surface area contributed by atoms with Crippen LogP contribution in [0.3, 0.4) is 0 Å². The maximum absolute atomic E-state index is 12.1. The first-order valence-electron chi connectivity index (χ1n) is 7.53. The third-order valence-corrected chi connectivity index (χ3v) is 4.65. The zero-order valence-corrected chi connectivity index (χ0v) is 15.2. The van der Waals surface area contributed by atoms with Crippen LogP contribution in [0.2, 0.25) is 10.3 Å². The highest BCUT2D eigenvalue weighted by Gasteiger charge is 2.22. The second kappa shape index (κ2) is 6.53. The zero-order valence-electron chi connectivity index (χ0n) is 13.7. The van der Waals surface area contributed by atoms with Crippen LogP contribution in [-0.4, -0.2) is 42.4 Å². The van der Waals surface area contributed by atoms with Crippen molar-refractivity contribution >= 4 is 29.2 Å². The van der Waals surface area contributed by atoms with Crippen molar-refractivity contribution in [2.75, 3.05) is 7.11 Å². The van der Waals surface area contributed by atoms with Gasteiger partial charge in [-0.25, -0.2) is 19.9 Å². The van der Waals surface area contributed by atoms with Crippen LogP contribution in [0.5, 0.6) is 0 Å². The molecule has 0 radical (unpaired) electrons. The highest BCUT2D eigenvalue weighted by Crippen LogP contribution is 2.25. The fraction of sp³-hybridized carbons (Fsp3) is 0.0625. The summed E-state index contributed by atoms with van der Waals surface area (Å²) < 4.78 is 7.88. The van der Waals surface area contributed by atoms with Gasteiger partial charge in [-0.3, -0.25) is 9.36 Å². The van der Waals surface area contributed by atoms with E-state index in [1.54, 1.807) is 29.1 Å². The molecule has 2 aromatic heterocycles. The zero-order chi connectivity index (χ0) is 19.1. The van der Waals surface area contributed by atoms with Gasteiger partial charge in [0.05, 0.1) is 24.6 Å². The van der Waals surface area contributed by atoms with E-state index in [1.807, 2.05) is 0 Å². The molecule has 0 unspecified atom stereocenters. The standard InChI is InChI=1S/C16H10Cl2N6O3/c1-27-16(26)10-6-23(5-9-12(10)21-22-15(9)25)8-2-3-11(19-4-8)24-7-20-13(17)14(24)18/h2-7H,1H3,(H,22,25). The minimum absolute atomic E-state index is 0.155. The van der Waals surface area contributed by atoms with Gasteiger partial charge in [0.25, 0.3) is 5.56 Å². The molecular weight excluding hydrogens is 395 g/mol. The maximum atomic E-state index is 12.1. The summed E-state index contributed by atoms with van der Waals surface area (Å²) in [7, 11) is 1.26. The fourth-order valence-electron chi connectivity index (χ4n) is 2.59. The van der Waals surface area contributed by atoms with Crippen LogP contribution in [0.25, 0.3) is 22.8 Å². The molecule has 0 saturated heterocycles. The minimum Gasteiger partial charge on any atom is -0.465 e. The Morgan fingerprint density at radius 1 is 1.22 bits per heavy atom. The van der Waals surface area contributed by atoms with E-state index in [0.29, 0.717) is 11.5 Å². The number of H-pyrrole nitrogens is 1. The summed E-state index contributed by atoms with van der Waals surface area (Å²) >= 11 is 11.9. The summed E-state index contributed by atoms with van der Waals surface area (Å²) in [6, 6.07) is 3.44. The topological polar surface area (TPSA) is 108 Å². The van der Waals surface area contributed by atoms with Crippen molar-refractivity contribution in [1.82, 2.24) is 29.3 Å². The first kappa shape index (κ1) is 17.3. The van der Waals surface area contributed by atoms with Gasteiger partial charge in [-0.1, -0.05) is 23.2 Å². The number of aromatic amines is 1. The fourth-order valence-corrected chi connectivity index (χ4v) is 2.90. The molecule has 0 fully saturated rings. The van der Waals surface area contributed by atoms with Crippen LogP contribution in [0.1, 0.15) is 10.4 Å². The van der Waals surface area contributed by atoms with Crippen molar-refractivity contribution in [3.63, 3.8) is 0 Å². The van der Waals surface area contributed by atoms with Crippen molar-refractivity contribution in [2.45, 2.75) is 0 Å². The van der Waals surface area contributed by atoms with Crippen LogP contribution < -0.4 is 5.56 Å². The number of carbonyl (C=O) groups is 1. The van der Waals surface area contributed by atoms with Gasteiger partial charge >= 0.3 is 5.97 Å². The Kier molecular flexibility index (Phi) is 4.17. The lowest BCUT2D eigenvalue weighted by Crippen LogP contribution is -2.11. The molecular formula is C16H10Cl2N6O3. The predicted octanol–water partition coefficient (Wildman–Crippen LogP) is 2.34. The Balaban J connectivity index is 1.81. The molecule has 4 heterocycles. The Morgan fingerprint density at radius 2 is 2.04 bits per heavy atom. The van der Waals surface area contributed by atoms with Crippen LogP contribution in [0.15, 0.2) is 41.8 Å². The van der Waals surface area contributed by atoms with Gasteiger partial charge in [0.15, 0.2) is 10.3 Å². The molecule has 2 aliphatic rings. The molecule has 2 aromatic rings. The molecule has 0 saturated carbocycles. The van der Waals surface area contributed by atoms with Crippen molar-refractivity contribution in [3.8, 4) is 22.8 Å². The Labute approximate surface area is 161 Å². The summed E-state index contributed by atoms with van der Waals surface area (Å²) in [5.74, 6) is -0.101. The van der Waals surface area contributed by atoms with E-state index < -0.39 is 11.5 Å². The van der Waals surface area contributed by atoms with Crippen LogP contribution in [-0.2, 0) is 4.74 Å². The molecule has 9 nitrogen and oxygen atoms in total. The Morgan fingerprint density at radius 3 is 2.67 bits per heavy atom. The number of rotatable bonds is 3. The molecule has 136 valence electrons. The van der Waals surface area contributed by atoms with E-state index in [4.69, 9.17) is 27.9 Å². The lowest BCUT2D eigenvalue weighted by Gasteiger charge is -2.12. The quantitative estimate of drug-likeness (QED) is 0.525. The molecule has 27 heavy (non-hydrogen) atoms. The predicted molar refractivity (Wildman–Crippen MR) is 97.1 cm³/mol. The second-order valence-corrected chi connectivity index (χ2v) is 6.17. The number of esters is 1. The molecule has 11 heteroatoms. The first-order chi connectivity index (χ1) is 13.0. The number of aromatic nitrogens is 6. The van der Waals surface area contributed by atoms with E-state index in [1.165, 1.54) is 24.2 Å². The minimum atomic E-state index is -0.606. The second-order valence-electron chi connectivity index (χ2n) is 5.46. The molecule has 1 N–H and O–H groups in total. The highest BCUT2D eigenvalue weighted by atomic mass is 35.5. The largest absolute Gasteiger partial charge is 0.465 e. The van der Waals surface area contributed by atoms with Gasteiger partial charge < -0.3 is 9.30 Å². The summed E-state index contributed by atoms with van der Waals surface area (Å²) in [6.45, 7) is 0. The van der Waals surface area contributed by atoms with Gasteiger partial charge in [0.2, 0.25) is 0 Å². The van der Waals surface area contributed by atoms with Crippen LogP contribution in [0, 0.1) is 0 Å². The molecule has 0 aliphatic carbocycles. The number of ether oxygens (including phenoxy) is 1. The Bertz CT molecular complexity index is 1180. The number of nitrogens with one attached hydrogen (secondary N) is 1. The number of hydrogen-bond acceptors (Lipinski definition) is 6. The number of carbonyl (C=O) groups excluding carboxylic acids is 1. The van der Waals surface area contributed by atoms with Crippen LogP contribution in [0.4, 0.5) is 0 Å². The number of hydrogen-bond donors (Lipinski definition) is 1. The average Bonchev–Trinajstić information content (AvgIpc) is 3.23. The number of methoxy groups -OCH3 is 1. The van der Waals surface area contributed by atoms with Crippen LogP contribution >= 0.6 is 23.2 Å². The Hall–Kier alpha value is -3.17. The van der Waals surface area contributed by atoms with Gasteiger partial charge in [-0.05, 0) is 12.1 Å².